The first-order valence-corrected chi connectivity index (χ1v) is 11.5. The molecule has 0 N–H and O–H groups in total. The number of carbonyl (C=O) groups excluding carboxylic acids is 1. The van der Waals surface area contributed by atoms with Crippen molar-refractivity contribution in [3.63, 3.8) is 0 Å². The Hall–Kier alpha value is -1.99. The van der Waals surface area contributed by atoms with Crippen LogP contribution in [0.1, 0.15) is 15.9 Å². The van der Waals surface area contributed by atoms with Crippen LogP contribution < -0.4 is 0 Å². The zero-order valence-electron chi connectivity index (χ0n) is 15.3. The van der Waals surface area contributed by atoms with Crippen molar-refractivity contribution in [2.75, 3.05) is 18.3 Å². The van der Waals surface area contributed by atoms with Crippen LogP contribution in [0.25, 0.3) is 0 Å². The maximum Gasteiger partial charge on any atom is 0.460 e. The predicted octanol–water partition coefficient (Wildman–Crippen LogP) is 4.49. The van der Waals surface area contributed by atoms with Gasteiger partial charge in [-0.1, -0.05) is 12.1 Å². The summed E-state index contributed by atoms with van der Waals surface area (Å²) in [6.07, 6.45) is -5.78. The lowest BCUT2D eigenvalue weighted by Gasteiger charge is -2.35. The van der Waals surface area contributed by atoms with E-state index in [2.05, 4.69) is 3.63 Å². The van der Waals surface area contributed by atoms with Gasteiger partial charge in [0, 0.05) is 5.56 Å². The minimum Gasteiger partial charge on any atom is -0.293 e. The quantitative estimate of drug-likeness (QED) is 0.384. The summed E-state index contributed by atoms with van der Waals surface area (Å²) in [4.78, 5) is 12.1. The van der Waals surface area contributed by atoms with E-state index in [-0.39, 0.29) is 11.1 Å². The second-order valence-corrected chi connectivity index (χ2v) is 11.5. The highest BCUT2D eigenvalue weighted by Gasteiger charge is 2.86. The molecule has 176 valence electrons. The maximum absolute atomic E-state index is 13.7. The molecular formula is C15H12F9NO4S2. The van der Waals surface area contributed by atoms with Gasteiger partial charge in [0.15, 0.2) is 5.78 Å². The Morgan fingerprint density at radius 1 is 0.935 bits per heavy atom. The average molecular weight is 505 g/mol. The number of ketones is 1. The average Bonchev–Trinajstić information content (AvgIpc) is 2.58. The molecule has 1 aromatic carbocycles. The summed E-state index contributed by atoms with van der Waals surface area (Å²) in [5.74, 6) is -16.8. The summed E-state index contributed by atoms with van der Waals surface area (Å²) in [5.41, 5.74) is -0.0456. The van der Waals surface area contributed by atoms with Crippen molar-refractivity contribution in [2.24, 2.45) is 0 Å². The molecular weight excluding hydrogens is 493 g/mol. The fourth-order valence-corrected chi connectivity index (χ4v) is 5.67. The summed E-state index contributed by atoms with van der Waals surface area (Å²) < 4.78 is 144. The largest absolute Gasteiger partial charge is 0.460 e. The number of hydrogen-bond acceptors (Lipinski definition) is 5. The first-order valence-electron chi connectivity index (χ1n) is 7.53. The molecule has 0 fully saturated rings. The van der Waals surface area contributed by atoms with Crippen LogP contribution in [0, 0.1) is 11.3 Å². The van der Waals surface area contributed by atoms with E-state index >= 15 is 0 Å². The van der Waals surface area contributed by atoms with Crippen LogP contribution in [0.2, 0.25) is 0 Å². The minimum absolute atomic E-state index is 0.120. The van der Waals surface area contributed by atoms with E-state index in [1.54, 1.807) is 6.07 Å². The zero-order valence-corrected chi connectivity index (χ0v) is 16.9. The van der Waals surface area contributed by atoms with Gasteiger partial charge >= 0.3 is 33.4 Å². The molecule has 0 saturated heterocycles. The summed E-state index contributed by atoms with van der Waals surface area (Å²) >= 11 is 0. The Bertz CT molecular complexity index is 981. The molecule has 0 unspecified atom stereocenters. The van der Waals surface area contributed by atoms with Gasteiger partial charge in [-0.2, -0.15) is 53.2 Å². The van der Waals surface area contributed by atoms with Gasteiger partial charge in [-0.3, -0.25) is 4.79 Å². The first kappa shape index (κ1) is 27.0. The normalized spacial score (nSPS) is 14.8. The van der Waals surface area contributed by atoms with Gasteiger partial charge in [-0.15, -0.1) is 10.3 Å². The molecule has 0 spiro atoms. The molecule has 0 aliphatic rings. The van der Waals surface area contributed by atoms with Gasteiger partial charge in [0.05, 0.1) is 17.4 Å². The van der Waals surface area contributed by atoms with Gasteiger partial charge in [0.2, 0.25) is 0 Å². The molecule has 1 rings (SSSR count). The lowest BCUT2D eigenvalue weighted by atomic mass is 10.1. The zero-order chi connectivity index (χ0) is 24.7. The van der Waals surface area contributed by atoms with Crippen molar-refractivity contribution in [2.45, 2.75) is 23.3 Å². The third-order valence-corrected chi connectivity index (χ3v) is 7.55. The van der Waals surface area contributed by atoms with Crippen molar-refractivity contribution in [3.8, 4) is 6.07 Å². The molecule has 5 nitrogen and oxygen atoms in total. The van der Waals surface area contributed by atoms with Crippen molar-refractivity contribution >= 4 is 26.2 Å². The second-order valence-electron chi connectivity index (χ2n) is 6.38. The van der Waals surface area contributed by atoms with Gasteiger partial charge in [0.25, 0.3) is 0 Å². The van der Waals surface area contributed by atoms with E-state index in [9.17, 15) is 52.7 Å². The minimum atomic E-state index is -7.43. The number of hydrogen-bond donors (Lipinski definition) is 0. The van der Waals surface area contributed by atoms with E-state index in [0.29, 0.717) is 12.5 Å². The standard InChI is InChI=1S/C15H12F9NO4S2/c1-30(2,8-11(26)10-5-3-9(7-25)4-6-10)29-31(27,28)15(23,24)13(18,19)12(16,17)14(20,21)22/h3-6H,8H2,1-2H3. The molecule has 0 aliphatic carbocycles. The number of carbonyl (C=O) groups is 1. The Morgan fingerprint density at radius 2 is 1.39 bits per heavy atom. The molecule has 16 heteroatoms. The number of benzene rings is 1. The maximum atomic E-state index is 13.7. The fourth-order valence-electron chi connectivity index (χ4n) is 1.96. The number of Topliss-reactive ketones (excluding diaryl/α,β-unsaturated/α-hetero) is 1. The molecule has 0 atom stereocenters. The smallest absolute Gasteiger partial charge is 0.293 e. The van der Waals surface area contributed by atoms with Crippen LogP contribution in [0.5, 0.6) is 0 Å². The highest BCUT2D eigenvalue weighted by molar-refractivity contribution is 8.32. The molecule has 0 heterocycles. The first-order chi connectivity index (χ1) is 13.6. The van der Waals surface area contributed by atoms with E-state index in [0.717, 1.165) is 12.1 Å². The summed E-state index contributed by atoms with van der Waals surface area (Å²) in [6.45, 7) is 0. The molecule has 0 radical (unpaired) electrons. The van der Waals surface area contributed by atoms with Crippen LogP contribution >= 0.6 is 10.3 Å². The van der Waals surface area contributed by atoms with E-state index in [1.807, 2.05) is 0 Å². The third kappa shape index (κ3) is 5.09. The number of rotatable bonds is 8. The lowest BCUT2D eigenvalue weighted by molar-refractivity contribution is -0.382. The lowest BCUT2D eigenvalue weighted by Crippen LogP contribution is -2.63. The van der Waals surface area contributed by atoms with Crippen LogP contribution in [-0.2, 0) is 13.7 Å². The van der Waals surface area contributed by atoms with Crippen molar-refractivity contribution < 1.29 is 56.4 Å². The second kappa shape index (κ2) is 8.17. The van der Waals surface area contributed by atoms with Crippen LogP contribution in [0.3, 0.4) is 0 Å². The predicted molar refractivity (Wildman–Crippen MR) is 90.7 cm³/mol. The fraction of sp³-hybridized carbons (Fsp3) is 0.467. The monoisotopic (exact) mass is 505 g/mol. The Labute approximate surface area is 171 Å². The van der Waals surface area contributed by atoms with Crippen LogP contribution in [-0.4, -0.2) is 55.7 Å². The van der Waals surface area contributed by atoms with E-state index in [4.69, 9.17) is 5.26 Å². The molecule has 31 heavy (non-hydrogen) atoms. The van der Waals surface area contributed by atoms with Crippen molar-refractivity contribution in [1.29, 1.82) is 5.26 Å². The third-order valence-electron chi connectivity index (χ3n) is 3.52. The number of nitriles is 1. The molecule has 0 saturated carbocycles. The van der Waals surface area contributed by atoms with E-state index in [1.165, 1.54) is 12.1 Å². The van der Waals surface area contributed by atoms with E-state index < -0.39 is 55.2 Å². The molecule has 0 bridgehead atoms. The summed E-state index contributed by atoms with van der Waals surface area (Å²) in [7, 11) is -10.6. The van der Waals surface area contributed by atoms with Gasteiger partial charge in [0.1, 0.15) is 0 Å². The van der Waals surface area contributed by atoms with Gasteiger partial charge < -0.3 is 0 Å². The van der Waals surface area contributed by atoms with Crippen molar-refractivity contribution in [3.05, 3.63) is 35.4 Å². The SMILES string of the molecule is CS(C)(CC(=O)c1ccc(C#N)cc1)OS(=O)(=O)C(F)(F)C(F)(F)C(F)(F)C(F)(F)F. The highest BCUT2D eigenvalue weighted by atomic mass is 32.3. The Kier molecular flexibility index (Phi) is 7.13. The van der Waals surface area contributed by atoms with Crippen molar-refractivity contribution in [1.82, 2.24) is 0 Å². The molecule has 1 aromatic rings. The Balaban J connectivity index is 3.20. The molecule has 0 aromatic heterocycles. The Morgan fingerprint density at radius 3 is 1.77 bits per heavy atom. The number of alkyl halides is 9. The molecule has 0 amide bonds. The number of nitrogens with zero attached hydrogens (tertiary/aromatic N) is 1. The highest BCUT2D eigenvalue weighted by Crippen LogP contribution is 2.57. The molecule has 0 aliphatic heterocycles. The van der Waals surface area contributed by atoms with Gasteiger partial charge in [-0.25, -0.2) is 3.63 Å². The topological polar surface area (TPSA) is 84.2 Å². The van der Waals surface area contributed by atoms with Crippen LogP contribution in [0.4, 0.5) is 39.5 Å². The summed E-state index contributed by atoms with van der Waals surface area (Å²) in [6, 6.07) is 6.25. The van der Waals surface area contributed by atoms with Gasteiger partial charge in [-0.05, 0) is 24.6 Å². The number of halogens is 9. The summed E-state index contributed by atoms with van der Waals surface area (Å²) in [5, 5.41) is 1.66. The van der Waals surface area contributed by atoms with Crippen LogP contribution in [0.15, 0.2) is 24.3 Å².